The first-order valence-corrected chi connectivity index (χ1v) is 8.37. The molecule has 6 heteroatoms. The molecule has 0 atom stereocenters. The van der Waals surface area contributed by atoms with E-state index in [1.807, 2.05) is 25.1 Å². The van der Waals surface area contributed by atoms with Crippen molar-refractivity contribution in [3.63, 3.8) is 0 Å². The normalized spacial score (nSPS) is 15.3. The second-order valence-corrected chi connectivity index (χ2v) is 6.29. The van der Waals surface area contributed by atoms with Gasteiger partial charge in [0.25, 0.3) is 0 Å². The van der Waals surface area contributed by atoms with Crippen molar-refractivity contribution in [2.24, 2.45) is 5.92 Å². The summed E-state index contributed by atoms with van der Waals surface area (Å²) in [6, 6.07) is 5.90. The Bertz CT molecular complexity index is 696. The van der Waals surface area contributed by atoms with Crippen LogP contribution in [0.2, 0.25) is 0 Å². The first-order valence-electron chi connectivity index (χ1n) is 8.37. The Hall–Kier alpha value is -2.50. The van der Waals surface area contributed by atoms with E-state index in [1.54, 1.807) is 19.3 Å². The van der Waals surface area contributed by atoms with Crippen LogP contribution in [0.4, 0.5) is 5.82 Å². The van der Waals surface area contributed by atoms with Crippen LogP contribution in [0, 0.1) is 12.8 Å². The molecule has 3 heterocycles. The highest BCUT2D eigenvalue weighted by Crippen LogP contribution is 2.24. The Balaban J connectivity index is 1.70. The number of amides is 1. The maximum Gasteiger partial charge on any atom is 0.216 e. The van der Waals surface area contributed by atoms with Gasteiger partial charge in [-0.1, -0.05) is 0 Å². The van der Waals surface area contributed by atoms with Gasteiger partial charge in [0, 0.05) is 56.3 Å². The van der Waals surface area contributed by atoms with Gasteiger partial charge >= 0.3 is 0 Å². The number of anilines is 1. The molecule has 0 radical (unpaired) electrons. The van der Waals surface area contributed by atoms with Crippen molar-refractivity contribution >= 4 is 11.7 Å². The monoisotopic (exact) mass is 325 g/mol. The van der Waals surface area contributed by atoms with E-state index in [0.717, 1.165) is 55.4 Å². The van der Waals surface area contributed by atoms with Crippen LogP contribution in [-0.4, -0.2) is 40.5 Å². The number of rotatable bonds is 4. The molecule has 0 spiro atoms. The maximum absolute atomic E-state index is 11.0. The summed E-state index contributed by atoms with van der Waals surface area (Å²) >= 11 is 0. The fraction of sp³-hybridized carbons (Fsp3) is 0.444. The summed E-state index contributed by atoms with van der Waals surface area (Å²) in [5.41, 5.74) is 1.95. The number of hydrogen-bond acceptors (Lipinski definition) is 5. The summed E-state index contributed by atoms with van der Waals surface area (Å²) in [7, 11) is 0. The summed E-state index contributed by atoms with van der Waals surface area (Å²) in [6.07, 6.45) is 5.64. The van der Waals surface area contributed by atoms with Gasteiger partial charge in [-0.3, -0.25) is 9.78 Å². The Morgan fingerprint density at radius 2 is 1.96 bits per heavy atom. The molecule has 0 aromatic carbocycles. The Kier molecular flexibility index (Phi) is 5.03. The van der Waals surface area contributed by atoms with E-state index < -0.39 is 0 Å². The molecule has 1 aliphatic rings. The molecule has 2 aromatic heterocycles. The van der Waals surface area contributed by atoms with Crippen molar-refractivity contribution in [2.45, 2.75) is 26.7 Å². The lowest BCUT2D eigenvalue weighted by Crippen LogP contribution is -2.38. The number of nitrogens with one attached hydrogen (secondary N) is 1. The molecule has 3 rings (SSSR count). The zero-order valence-corrected chi connectivity index (χ0v) is 14.2. The van der Waals surface area contributed by atoms with Gasteiger partial charge in [-0.05, 0) is 37.8 Å². The number of piperidine rings is 1. The van der Waals surface area contributed by atoms with E-state index in [0.29, 0.717) is 5.92 Å². The molecule has 24 heavy (non-hydrogen) atoms. The van der Waals surface area contributed by atoms with Crippen LogP contribution in [0.5, 0.6) is 0 Å². The van der Waals surface area contributed by atoms with Gasteiger partial charge in [-0.25, -0.2) is 9.97 Å². The summed E-state index contributed by atoms with van der Waals surface area (Å²) in [4.78, 5) is 26.7. The van der Waals surface area contributed by atoms with E-state index in [2.05, 4.69) is 20.2 Å². The molecule has 0 aliphatic carbocycles. The average molecular weight is 325 g/mol. The molecule has 6 nitrogen and oxygen atoms in total. The molecule has 2 aromatic rings. The molecule has 126 valence electrons. The fourth-order valence-electron chi connectivity index (χ4n) is 3.00. The van der Waals surface area contributed by atoms with E-state index in [-0.39, 0.29) is 5.91 Å². The molecular formula is C18H23N5O. The lowest BCUT2D eigenvalue weighted by molar-refractivity contribution is -0.119. The van der Waals surface area contributed by atoms with Crippen molar-refractivity contribution in [3.05, 3.63) is 36.3 Å². The van der Waals surface area contributed by atoms with Crippen LogP contribution < -0.4 is 10.2 Å². The molecule has 0 bridgehead atoms. The lowest BCUT2D eigenvalue weighted by atomic mass is 9.97. The number of pyridine rings is 1. The first-order chi connectivity index (χ1) is 11.6. The van der Waals surface area contributed by atoms with Crippen LogP contribution in [0.15, 0.2) is 30.6 Å². The highest BCUT2D eigenvalue weighted by molar-refractivity contribution is 5.72. The van der Waals surface area contributed by atoms with E-state index >= 15 is 0 Å². The van der Waals surface area contributed by atoms with Crippen LogP contribution in [0.25, 0.3) is 11.4 Å². The predicted molar refractivity (Wildman–Crippen MR) is 93.6 cm³/mol. The number of hydrogen-bond donors (Lipinski definition) is 1. The molecule has 1 saturated heterocycles. The Labute approximate surface area is 142 Å². The lowest BCUT2D eigenvalue weighted by Gasteiger charge is -2.33. The molecule has 0 saturated carbocycles. The number of aromatic nitrogens is 3. The van der Waals surface area contributed by atoms with E-state index in [9.17, 15) is 4.79 Å². The molecule has 1 fully saturated rings. The number of nitrogens with zero attached hydrogens (tertiary/aromatic N) is 4. The smallest absolute Gasteiger partial charge is 0.216 e. The topological polar surface area (TPSA) is 71.0 Å². The quantitative estimate of drug-likeness (QED) is 0.933. The second-order valence-electron chi connectivity index (χ2n) is 6.29. The van der Waals surface area contributed by atoms with Crippen molar-refractivity contribution < 1.29 is 4.79 Å². The first kappa shape index (κ1) is 16.4. The highest BCUT2D eigenvalue weighted by Gasteiger charge is 2.21. The third kappa shape index (κ3) is 4.07. The molecule has 0 unspecified atom stereocenters. The number of carbonyl (C=O) groups excluding carboxylic acids is 1. The fourth-order valence-corrected chi connectivity index (χ4v) is 3.00. The standard InChI is InChI=1S/C18H23N5O/c1-13-11-17(22-18(21-13)16-3-7-19-8-4-16)23-9-5-15(6-10-23)12-20-14(2)24/h3-4,7-8,11,15H,5-6,9-10,12H2,1-2H3,(H,20,24). The SMILES string of the molecule is CC(=O)NCC1CCN(c2cc(C)nc(-c3ccncc3)n2)CC1. The van der Waals surface area contributed by atoms with Gasteiger partial charge in [-0.15, -0.1) is 0 Å². The van der Waals surface area contributed by atoms with Gasteiger partial charge in [0.1, 0.15) is 5.82 Å². The van der Waals surface area contributed by atoms with Crippen molar-refractivity contribution in [1.29, 1.82) is 0 Å². The van der Waals surface area contributed by atoms with Gasteiger partial charge in [0.15, 0.2) is 5.82 Å². The summed E-state index contributed by atoms with van der Waals surface area (Å²) < 4.78 is 0. The average Bonchev–Trinajstić information content (AvgIpc) is 2.60. The molecule has 1 N–H and O–H groups in total. The van der Waals surface area contributed by atoms with Crippen LogP contribution in [0.1, 0.15) is 25.5 Å². The number of carbonyl (C=O) groups is 1. The largest absolute Gasteiger partial charge is 0.356 e. The molecule has 1 aliphatic heterocycles. The van der Waals surface area contributed by atoms with Crippen LogP contribution in [-0.2, 0) is 4.79 Å². The minimum Gasteiger partial charge on any atom is -0.356 e. The third-order valence-electron chi connectivity index (χ3n) is 4.36. The van der Waals surface area contributed by atoms with Gasteiger partial charge in [0.05, 0.1) is 0 Å². The van der Waals surface area contributed by atoms with E-state index in [1.165, 1.54) is 0 Å². The van der Waals surface area contributed by atoms with Crippen LogP contribution >= 0.6 is 0 Å². The highest BCUT2D eigenvalue weighted by atomic mass is 16.1. The second kappa shape index (κ2) is 7.38. The zero-order chi connectivity index (χ0) is 16.9. The summed E-state index contributed by atoms with van der Waals surface area (Å²) in [6.45, 7) is 6.25. The Morgan fingerprint density at radius 1 is 1.25 bits per heavy atom. The molecule has 1 amide bonds. The minimum atomic E-state index is 0.0471. The molecular weight excluding hydrogens is 302 g/mol. The van der Waals surface area contributed by atoms with E-state index in [4.69, 9.17) is 4.98 Å². The van der Waals surface area contributed by atoms with Gasteiger partial charge in [-0.2, -0.15) is 0 Å². The van der Waals surface area contributed by atoms with Crippen molar-refractivity contribution in [1.82, 2.24) is 20.3 Å². The minimum absolute atomic E-state index is 0.0471. The maximum atomic E-state index is 11.0. The summed E-state index contributed by atoms with van der Waals surface area (Å²) in [5.74, 6) is 2.32. The van der Waals surface area contributed by atoms with Gasteiger partial charge < -0.3 is 10.2 Å². The summed E-state index contributed by atoms with van der Waals surface area (Å²) in [5, 5.41) is 2.92. The number of aryl methyl sites for hydroxylation is 1. The zero-order valence-electron chi connectivity index (χ0n) is 14.2. The van der Waals surface area contributed by atoms with Crippen molar-refractivity contribution in [3.8, 4) is 11.4 Å². The van der Waals surface area contributed by atoms with Crippen molar-refractivity contribution in [2.75, 3.05) is 24.5 Å². The third-order valence-corrected chi connectivity index (χ3v) is 4.36. The van der Waals surface area contributed by atoms with Crippen LogP contribution in [0.3, 0.4) is 0 Å². The Morgan fingerprint density at radius 3 is 2.62 bits per heavy atom. The van der Waals surface area contributed by atoms with Gasteiger partial charge in [0.2, 0.25) is 5.91 Å². The predicted octanol–water partition coefficient (Wildman–Crippen LogP) is 2.20.